The van der Waals surface area contributed by atoms with Crippen LogP contribution in [0.4, 0.5) is 0 Å². The van der Waals surface area contributed by atoms with E-state index in [4.69, 9.17) is 14.2 Å². The Kier molecular flexibility index (Phi) is 7.31. The Bertz CT molecular complexity index is 486. The average molecular weight is 312 g/mol. The normalized spacial score (nSPS) is 13.9. The second-order valence-electron chi connectivity index (χ2n) is 5.11. The summed E-state index contributed by atoms with van der Waals surface area (Å²) >= 11 is 0. The molecule has 0 bridgehead atoms. The number of aliphatic hydroxyl groups is 1. The molecule has 0 aliphatic carbocycles. The first kappa shape index (κ1) is 18.4. The fourth-order valence-electron chi connectivity index (χ4n) is 2.13. The maximum Gasteiger partial charge on any atom is 0.339 e. The minimum absolute atomic E-state index is 0.0780. The van der Waals surface area contributed by atoms with E-state index in [9.17, 15) is 15.0 Å². The number of aromatic carboxylic acids is 1. The van der Waals surface area contributed by atoms with Gasteiger partial charge in [0.2, 0.25) is 0 Å². The molecule has 22 heavy (non-hydrogen) atoms. The summed E-state index contributed by atoms with van der Waals surface area (Å²) in [5.74, 6) is -0.770. The third-order valence-electron chi connectivity index (χ3n) is 3.03. The van der Waals surface area contributed by atoms with Gasteiger partial charge in [-0.25, -0.2) is 4.79 Å². The van der Waals surface area contributed by atoms with Gasteiger partial charge in [0.15, 0.2) is 6.29 Å². The molecule has 0 heterocycles. The van der Waals surface area contributed by atoms with Crippen molar-refractivity contribution in [2.45, 2.75) is 45.7 Å². The van der Waals surface area contributed by atoms with Gasteiger partial charge in [-0.3, -0.25) is 0 Å². The highest BCUT2D eigenvalue weighted by Gasteiger charge is 2.23. The Labute approximate surface area is 130 Å². The van der Waals surface area contributed by atoms with Crippen molar-refractivity contribution in [2.75, 3.05) is 13.7 Å². The van der Waals surface area contributed by atoms with E-state index in [-0.39, 0.29) is 11.7 Å². The Morgan fingerprint density at radius 1 is 1.32 bits per heavy atom. The SMILES string of the molecule is CCOC(O)C(Cc1ccc(OC)c(C(=O)O)c1)OC(C)C. The second-order valence-corrected chi connectivity index (χ2v) is 5.11. The molecule has 0 amide bonds. The predicted molar refractivity (Wildman–Crippen MR) is 81.3 cm³/mol. The molecule has 1 rings (SSSR count). The van der Waals surface area contributed by atoms with Crippen molar-refractivity contribution in [1.82, 2.24) is 0 Å². The molecule has 0 fully saturated rings. The van der Waals surface area contributed by atoms with Crippen LogP contribution in [0.25, 0.3) is 0 Å². The summed E-state index contributed by atoms with van der Waals surface area (Å²) < 4.78 is 15.9. The van der Waals surface area contributed by atoms with E-state index < -0.39 is 18.4 Å². The van der Waals surface area contributed by atoms with Gasteiger partial charge in [-0.05, 0) is 38.5 Å². The number of carbonyl (C=O) groups is 1. The highest BCUT2D eigenvalue weighted by molar-refractivity contribution is 5.91. The molecule has 0 radical (unpaired) electrons. The zero-order valence-corrected chi connectivity index (χ0v) is 13.4. The van der Waals surface area contributed by atoms with Gasteiger partial charge in [-0.15, -0.1) is 0 Å². The number of benzene rings is 1. The minimum atomic E-state index is -1.07. The van der Waals surface area contributed by atoms with Crippen LogP contribution in [-0.2, 0) is 15.9 Å². The van der Waals surface area contributed by atoms with Crippen molar-refractivity contribution < 1.29 is 29.2 Å². The maximum atomic E-state index is 11.2. The van der Waals surface area contributed by atoms with E-state index in [1.165, 1.54) is 13.2 Å². The quantitative estimate of drug-likeness (QED) is 0.679. The van der Waals surface area contributed by atoms with Crippen LogP contribution in [0.2, 0.25) is 0 Å². The largest absolute Gasteiger partial charge is 0.496 e. The summed E-state index contributed by atoms with van der Waals surface area (Å²) in [5.41, 5.74) is 0.803. The summed E-state index contributed by atoms with van der Waals surface area (Å²) in [6.45, 7) is 5.87. The topological polar surface area (TPSA) is 85.2 Å². The number of ether oxygens (including phenoxy) is 3. The molecule has 0 aliphatic heterocycles. The van der Waals surface area contributed by atoms with E-state index in [0.717, 1.165) is 5.56 Å². The van der Waals surface area contributed by atoms with Gasteiger partial charge >= 0.3 is 5.97 Å². The lowest BCUT2D eigenvalue weighted by Gasteiger charge is -2.25. The average Bonchev–Trinajstić information content (AvgIpc) is 2.46. The van der Waals surface area contributed by atoms with Crippen molar-refractivity contribution in [3.05, 3.63) is 29.3 Å². The monoisotopic (exact) mass is 312 g/mol. The summed E-state index contributed by atoms with van der Waals surface area (Å²) in [6, 6.07) is 4.87. The molecule has 1 aromatic rings. The van der Waals surface area contributed by atoms with Gasteiger partial charge in [0.05, 0.1) is 13.2 Å². The summed E-state index contributed by atoms with van der Waals surface area (Å²) in [4.78, 5) is 11.2. The number of aliphatic hydroxyl groups excluding tert-OH is 1. The zero-order chi connectivity index (χ0) is 16.7. The van der Waals surface area contributed by atoms with Crippen molar-refractivity contribution in [1.29, 1.82) is 0 Å². The van der Waals surface area contributed by atoms with Gasteiger partial charge in [0, 0.05) is 13.0 Å². The van der Waals surface area contributed by atoms with Crippen molar-refractivity contribution in [2.24, 2.45) is 0 Å². The third kappa shape index (κ3) is 5.29. The second kappa shape index (κ2) is 8.73. The van der Waals surface area contributed by atoms with Crippen LogP contribution in [0.15, 0.2) is 18.2 Å². The van der Waals surface area contributed by atoms with Crippen LogP contribution in [0.1, 0.15) is 36.7 Å². The fraction of sp³-hybridized carbons (Fsp3) is 0.562. The van der Waals surface area contributed by atoms with E-state index >= 15 is 0 Å². The Balaban J connectivity index is 2.97. The highest BCUT2D eigenvalue weighted by atomic mass is 16.6. The molecule has 124 valence electrons. The molecule has 0 aliphatic rings. The van der Waals surface area contributed by atoms with Crippen LogP contribution in [0, 0.1) is 0 Å². The molecule has 2 atom stereocenters. The number of hydrogen-bond donors (Lipinski definition) is 2. The van der Waals surface area contributed by atoms with E-state index in [1.54, 1.807) is 19.1 Å². The Morgan fingerprint density at radius 3 is 2.50 bits per heavy atom. The number of rotatable bonds is 9. The lowest BCUT2D eigenvalue weighted by atomic mass is 10.0. The lowest BCUT2D eigenvalue weighted by Crippen LogP contribution is -2.35. The molecule has 6 heteroatoms. The first-order valence-electron chi connectivity index (χ1n) is 7.24. The van der Waals surface area contributed by atoms with Crippen LogP contribution in [0.5, 0.6) is 5.75 Å². The van der Waals surface area contributed by atoms with Crippen molar-refractivity contribution in [3.8, 4) is 5.75 Å². The van der Waals surface area contributed by atoms with E-state index in [2.05, 4.69) is 0 Å². The summed E-state index contributed by atoms with van der Waals surface area (Å²) in [7, 11) is 1.42. The summed E-state index contributed by atoms with van der Waals surface area (Å²) in [6.07, 6.45) is -1.39. The fourth-order valence-corrected chi connectivity index (χ4v) is 2.13. The smallest absolute Gasteiger partial charge is 0.339 e. The first-order valence-corrected chi connectivity index (χ1v) is 7.24. The molecule has 2 unspecified atom stereocenters. The first-order chi connectivity index (χ1) is 10.4. The molecule has 0 aromatic heterocycles. The third-order valence-corrected chi connectivity index (χ3v) is 3.03. The number of methoxy groups -OCH3 is 1. The van der Waals surface area contributed by atoms with Gasteiger partial charge < -0.3 is 24.4 Å². The molecular formula is C16H24O6. The van der Waals surface area contributed by atoms with Gasteiger partial charge in [-0.2, -0.15) is 0 Å². The maximum absolute atomic E-state index is 11.2. The minimum Gasteiger partial charge on any atom is -0.496 e. The number of carboxylic acid groups (broad SMARTS) is 1. The lowest BCUT2D eigenvalue weighted by molar-refractivity contribution is -0.185. The standard InChI is InChI=1S/C16H24O6/c1-5-21-16(19)14(22-10(2)3)9-11-6-7-13(20-4)12(8-11)15(17)18/h6-8,10,14,16,19H,5,9H2,1-4H3,(H,17,18). The molecule has 1 aromatic carbocycles. The van der Waals surface area contributed by atoms with Crippen LogP contribution < -0.4 is 4.74 Å². The highest BCUT2D eigenvalue weighted by Crippen LogP contribution is 2.22. The van der Waals surface area contributed by atoms with E-state index in [1.807, 2.05) is 13.8 Å². The molecule has 0 saturated heterocycles. The van der Waals surface area contributed by atoms with Crippen LogP contribution in [0.3, 0.4) is 0 Å². The molecular weight excluding hydrogens is 288 g/mol. The Morgan fingerprint density at radius 2 is 2.00 bits per heavy atom. The molecule has 0 spiro atoms. The molecule has 2 N–H and O–H groups in total. The molecule has 6 nitrogen and oxygen atoms in total. The zero-order valence-electron chi connectivity index (χ0n) is 13.4. The van der Waals surface area contributed by atoms with Gasteiger partial charge in [0.1, 0.15) is 17.4 Å². The number of hydrogen-bond acceptors (Lipinski definition) is 5. The number of carboxylic acids is 1. The van der Waals surface area contributed by atoms with Gasteiger partial charge in [0.25, 0.3) is 0 Å². The summed E-state index contributed by atoms with van der Waals surface area (Å²) in [5, 5.41) is 19.2. The predicted octanol–water partition coefficient (Wildman–Crippen LogP) is 2.08. The van der Waals surface area contributed by atoms with Crippen LogP contribution in [-0.4, -0.2) is 48.4 Å². The molecule has 0 saturated carbocycles. The van der Waals surface area contributed by atoms with Crippen molar-refractivity contribution in [3.63, 3.8) is 0 Å². The van der Waals surface area contributed by atoms with E-state index in [0.29, 0.717) is 18.8 Å². The van der Waals surface area contributed by atoms with Gasteiger partial charge in [-0.1, -0.05) is 6.07 Å². The van der Waals surface area contributed by atoms with Crippen LogP contribution >= 0.6 is 0 Å². The van der Waals surface area contributed by atoms with Crippen molar-refractivity contribution >= 4 is 5.97 Å². The Hall–Kier alpha value is -1.63.